The number of carbonyl (C=O) groups is 2. The Bertz CT molecular complexity index is 1130. The highest BCUT2D eigenvalue weighted by Gasteiger charge is 2.38. The van der Waals surface area contributed by atoms with Crippen LogP contribution in [0.4, 0.5) is 4.39 Å². The molecule has 1 heterocycles. The quantitative estimate of drug-likeness (QED) is 0.570. The predicted octanol–water partition coefficient (Wildman–Crippen LogP) is 5.02. The number of carbonyl (C=O) groups excluding carboxylic acids is 2. The van der Waals surface area contributed by atoms with Gasteiger partial charge < -0.3 is 9.80 Å². The van der Waals surface area contributed by atoms with Gasteiger partial charge >= 0.3 is 0 Å². The molecule has 0 radical (unpaired) electrons. The van der Waals surface area contributed by atoms with E-state index in [4.69, 9.17) is 0 Å². The van der Waals surface area contributed by atoms with Crippen LogP contribution in [-0.2, 0) is 11.3 Å². The van der Waals surface area contributed by atoms with Crippen LogP contribution in [0, 0.1) is 11.7 Å². The number of amides is 2. The van der Waals surface area contributed by atoms with Gasteiger partial charge in [-0.2, -0.15) is 0 Å². The Labute approximate surface area is 187 Å². The van der Waals surface area contributed by atoms with E-state index in [0.717, 1.165) is 42.0 Å². The number of nitrogens with zero attached hydrogens (tertiary/aromatic N) is 2. The van der Waals surface area contributed by atoms with Gasteiger partial charge in [-0.25, -0.2) is 4.39 Å². The SMILES string of the molecule is O=C(c1cccc2ccccc12)N1CCCC(C(=O)N(Cc2ccc(F)cc2)C2CC2)C1. The summed E-state index contributed by atoms with van der Waals surface area (Å²) in [5.41, 5.74) is 1.63. The maximum atomic E-state index is 13.5. The van der Waals surface area contributed by atoms with Gasteiger partial charge in [0, 0.05) is 31.2 Å². The van der Waals surface area contributed by atoms with Crippen LogP contribution in [0.1, 0.15) is 41.6 Å². The fourth-order valence-electron chi connectivity index (χ4n) is 4.74. The average Bonchev–Trinajstić information content (AvgIpc) is 3.68. The second-order valence-corrected chi connectivity index (χ2v) is 8.94. The third-order valence-electron chi connectivity index (χ3n) is 6.61. The smallest absolute Gasteiger partial charge is 0.254 e. The summed E-state index contributed by atoms with van der Waals surface area (Å²) >= 11 is 0. The molecule has 164 valence electrons. The van der Waals surface area contributed by atoms with E-state index in [1.807, 2.05) is 52.3 Å². The van der Waals surface area contributed by atoms with Crippen LogP contribution in [-0.4, -0.2) is 40.7 Å². The molecule has 1 aliphatic carbocycles. The fraction of sp³-hybridized carbons (Fsp3) is 0.333. The van der Waals surface area contributed by atoms with E-state index in [9.17, 15) is 14.0 Å². The van der Waals surface area contributed by atoms with Crippen molar-refractivity contribution < 1.29 is 14.0 Å². The molecule has 1 unspecified atom stereocenters. The van der Waals surface area contributed by atoms with E-state index < -0.39 is 0 Å². The molecule has 0 spiro atoms. The number of hydrogen-bond acceptors (Lipinski definition) is 2. The lowest BCUT2D eigenvalue weighted by molar-refractivity contribution is -0.138. The van der Waals surface area contributed by atoms with Gasteiger partial charge in [0.05, 0.1) is 5.92 Å². The molecule has 1 atom stereocenters. The molecular formula is C27H27FN2O2. The first kappa shape index (κ1) is 20.7. The molecule has 0 N–H and O–H groups in total. The van der Waals surface area contributed by atoms with Crippen LogP contribution < -0.4 is 0 Å². The van der Waals surface area contributed by atoms with Gasteiger partial charge in [0.25, 0.3) is 5.91 Å². The van der Waals surface area contributed by atoms with Gasteiger partial charge in [0.15, 0.2) is 0 Å². The maximum absolute atomic E-state index is 13.5. The number of likely N-dealkylation sites (tertiary alicyclic amines) is 1. The minimum atomic E-state index is -0.270. The Balaban J connectivity index is 1.32. The summed E-state index contributed by atoms with van der Waals surface area (Å²) in [7, 11) is 0. The summed E-state index contributed by atoms with van der Waals surface area (Å²) in [4.78, 5) is 30.7. The summed E-state index contributed by atoms with van der Waals surface area (Å²) in [5, 5.41) is 1.99. The molecule has 4 nitrogen and oxygen atoms in total. The first-order chi connectivity index (χ1) is 15.6. The van der Waals surface area contributed by atoms with E-state index >= 15 is 0 Å². The number of halogens is 1. The van der Waals surface area contributed by atoms with Gasteiger partial charge in [-0.05, 0) is 60.2 Å². The Morgan fingerprint density at radius 3 is 2.47 bits per heavy atom. The third kappa shape index (κ3) is 4.24. The van der Waals surface area contributed by atoms with E-state index in [2.05, 4.69) is 0 Å². The summed E-state index contributed by atoms with van der Waals surface area (Å²) in [6.07, 6.45) is 3.64. The number of rotatable bonds is 5. The third-order valence-corrected chi connectivity index (χ3v) is 6.61. The van der Waals surface area contributed by atoms with Gasteiger partial charge in [-0.3, -0.25) is 9.59 Å². The lowest BCUT2D eigenvalue weighted by Gasteiger charge is -2.35. The summed E-state index contributed by atoms with van der Waals surface area (Å²) < 4.78 is 13.3. The van der Waals surface area contributed by atoms with E-state index in [0.29, 0.717) is 25.2 Å². The Morgan fingerprint density at radius 1 is 0.938 bits per heavy atom. The van der Waals surface area contributed by atoms with Crippen LogP contribution >= 0.6 is 0 Å². The van der Waals surface area contributed by atoms with Crippen molar-refractivity contribution in [3.05, 3.63) is 83.7 Å². The molecular weight excluding hydrogens is 403 g/mol. The zero-order chi connectivity index (χ0) is 22.1. The summed E-state index contributed by atoms with van der Waals surface area (Å²) in [5.74, 6) is -0.348. The van der Waals surface area contributed by atoms with Gasteiger partial charge in [-0.1, -0.05) is 48.5 Å². The van der Waals surface area contributed by atoms with Crippen molar-refractivity contribution in [1.29, 1.82) is 0 Å². The number of piperidine rings is 1. The maximum Gasteiger partial charge on any atom is 0.254 e. The molecule has 2 fully saturated rings. The average molecular weight is 431 g/mol. The molecule has 2 aliphatic rings. The van der Waals surface area contributed by atoms with Crippen LogP contribution in [0.2, 0.25) is 0 Å². The van der Waals surface area contributed by atoms with Crippen molar-refractivity contribution in [2.45, 2.75) is 38.3 Å². The van der Waals surface area contributed by atoms with Crippen molar-refractivity contribution in [1.82, 2.24) is 9.80 Å². The van der Waals surface area contributed by atoms with Gasteiger partial charge in [-0.15, -0.1) is 0 Å². The normalized spacial score (nSPS) is 18.5. The lowest BCUT2D eigenvalue weighted by Crippen LogP contribution is -2.47. The summed E-state index contributed by atoms with van der Waals surface area (Å²) in [6, 6.07) is 20.3. The molecule has 1 saturated heterocycles. The minimum Gasteiger partial charge on any atom is -0.338 e. The first-order valence-corrected chi connectivity index (χ1v) is 11.4. The molecule has 1 saturated carbocycles. The van der Waals surface area contributed by atoms with Gasteiger partial charge in [0.2, 0.25) is 5.91 Å². The molecule has 0 aromatic heterocycles. The zero-order valence-electron chi connectivity index (χ0n) is 18.0. The highest BCUT2D eigenvalue weighted by atomic mass is 19.1. The Morgan fingerprint density at radius 2 is 1.69 bits per heavy atom. The standard InChI is InChI=1S/C27H27FN2O2/c28-22-12-10-19(11-13-22)17-30(23-14-15-23)26(31)21-7-4-16-29(18-21)27(32)25-9-3-6-20-5-1-2-8-24(20)25/h1-3,5-6,8-13,21,23H,4,7,14-18H2. The second kappa shape index (κ2) is 8.73. The van der Waals surface area contributed by atoms with Crippen LogP contribution in [0.25, 0.3) is 10.8 Å². The second-order valence-electron chi connectivity index (χ2n) is 8.94. The first-order valence-electron chi connectivity index (χ1n) is 11.4. The van der Waals surface area contributed by atoms with E-state index in [-0.39, 0.29) is 29.6 Å². The van der Waals surface area contributed by atoms with Crippen LogP contribution in [0.15, 0.2) is 66.7 Å². The minimum absolute atomic E-state index is 0.00388. The largest absolute Gasteiger partial charge is 0.338 e. The fourth-order valence-corrected chi connectivity index (χ4v) is 4.74. The highest BCUT2D eigenvalue weighted by Crippen LogP contribution is 2.32. The van der Waals surface area contributed by atoms with Crippen LogP contribution in [0.3, 0.4) is 0 Å². The lowest BCUT2D eigenvalue weighted by atomic mass is 9.94. The van der Waals surface area contributed by atoms with Crippen molar-refractivity contribution in [2.24, 2.45) is 5.92 Å². The highest BCUT2D eigenvalue weighted by molar-refractivity contribution is 6.07. The molecule has 0 bridgehead atoms. The Hall–Kier alpha value is -3.21. The Kier molecular flexibility index (Phi) is 5.64. The molecule has 2 amide bonds. The van der Waals surface area contributed by atoms with Gasteiger partial charge in [0.1, 0.15) is 5.82 Å². The van der Waals surface area contributed by atoms with E-state index in [1.165, 1.54) is 12.1 Å². The summed E-state index contributed by atoms with van der Waals surface area (Å²) in [6.45, 7) is 1.62. The molecule has 5 rings (SSSR count). The zero-order valence-corrected chi connectivity index (χ0v) is 18.0. The van der Waals surface area contributed by atoms with Crippen LogP contribution in [0.5, 0.6) is 0 Å². The monoisotopic (exact) mass is 430 g/mol. The van der Waals surface area contributed by atoms with Crippen molar-refractivity contribution in [2.75, 3.05) is 13.1 Å². The number of fused-ring (bicyclic) bond motifs is 1. The molecule has 5 heteroatoms. The molecule has 1 aliphatic heterocycles. The van der Waals surface area contributed by atoms with E-state index in [1.54, 1.807) is 12.1 Å². The predicted molar refractivity (Wildman–Crippen MR) is 123 cm³/mol. The molecule has 32 heavy (non-hydrogen) atoms. The van der Waals surface area contributed by atoms with Crippen molar-refractivity contribution >= 4 is 22.6 Å². The molecule has 3 aromatic rings. The number of hydrogen-bond donors (Lipinski definition) is 0. The topological polar surface area (TPSA) is 40.6 Å². The van der Waals surface area contributed by atoms with Crippen molar-refractivity contribution in [3.8, 4) is 0 Å². The number of benzene rings is 3. The molecule has 3 aromatic carbocycles. The van der Waals surface area contributed by atoms with Crippen molar-refractivity contribution in [3.63, 3.8) is 0 Å².